The van der Waals surface area contributed by atoms with Crippen molar-refractivity contribution < 1.29 is 22.7 Å². The van der Waals surface area contributed by atoms with Gasteiger partial charge >= 0.3 is 6.18 Å². The summed E-state index contributed by atoms with van der Waals surface area (Å²) in [6, 6.07) is 9.39. The van der Waals surface area contributed by atoms with E-state index in [0.29, 0.717) is 31.3 Å². The molecular formula is C29H38F3N3O2. The predicted octanol–water partition coefficient (Wildman–Crippen LogP) is 5.70. The first kappa shape index (κ1) is 27.5. The number of alkyl halides is 3. The van der Waals surface area contributed by atoms with E-state index >= 15 is 0 Å². The van der Waals surface area contributed by atoms with Crippen LogP contribution < -0.4 is 4.74 Å². The summed E-state index contributed by atoms with van der Waals surface area (Å²) < 4.78 is 44.8. The van der Waals surface area contributed by atoms with Gasteiger partial charge in [-0.2, -0.15) is 13.2 Å². The quantitative estimate of drug-likeness (QED) is 0.441. The van der Waals surface area contributed by atoms with Crippen molar-refractivity contribution in [1.82, 2.24) is 14.7 Å². The van der Waals surface area contributed by atoms with E-state index < -0.39 is 11.7 Å². The molecule has 2 atom stereocenters. The Labute approximate surface area is 218 Å². The summed E-state index contributed by atoms with van der Waals surface area (Å²) in [5, 5.41) is 0. The molecule has 2 fully saturated rings. The Morgan fingerprint density at radius 2 is 1.76 bits per heavy atom. The molecule has 0 aromatic heterocycles. The van der Waals surface area contributed by atoms with Crippen LogP contribution in [0.25, 0.3) is 0 Å². The van der Waals surface area contributed by atoms with E-state index in [2.05, 4.69) is 49.9 Å². The molecule has 2 aromatic rings. The van der Waals surface area contributed by atoms with Crippen LogP contribution in [0.3, 0.4) is 0 Å². The lowest BCUT2D eigenvalue weighted by Gasteiger charge is -2.49. The Balaban J connectivity index is 1.42. The van der Waals surface area contributed by atoms with Gasteiger partial charge in [-0.05, 0) is 101 Å². The minimum atomic E-state index is -4.41. The smallest absolute Gasteiger partial charge is 0.416 e. The van der Waals surface area contributed by atoms with Crippen LogP contribution in [-0.2, 0) is 6.18 Å². The average molecular weight is 518 g/mol. The van der Waals surface area contributed by atoms with Crippen molar-refractivity contribution in [3.8, 4) is 5.75 Å². The molecule has 4 rings (SSSR count). The third kappa shape index (κ3) is 6.29. The third-order valence-corrected chi connectivity index (χ3v) is 7.84. The van der Waals surface area contributed by atoms with Gasteiger partial charge in [0.2, 0.25) is 0 Å². The average Bonchev–Trinajstić information content (AvgIpc) is 2.87. The Kier molecular flexibility index (Phi) is 8.49. The summed E-state index contributed by atoms with van der Waals surface area (Å²) in [5.74, 6) is 0.748. The fourth-order valence-corrected chi connectivity index (χ4v) is 5.65. The first-order chi connectivity index (χ1) is 17.6. The van der Waals surface area contributed by atoms with Crippen molar-refractivity contribution in [2.45, 2.75) is 57.8 Å². The summed E-state index contributed by atoms with van der Waals surface area (Å²) in [6.07, 6.45) is -0.259. The van der Waals surface area contributed by atoms with Crippen LogP contribution in [0.2, 0.25) is 0 Å². The molecule has 0 bridgehead atoms. The Morgan fingerprint density at radius 1 is 1.03 bits per heavy atom. The summed E-state index contributed by atoms with van der Waals surface area (Å²) >= 11 is 0. The van der Waals surface area contributed by atoms with Gasteiger partial charge in [-0.25, -0.2) is 0 Å². The second-order valence-electron chi connectivity index (χ2n) is 10.6. The van der Waals surface area contributed by atoms with Crippen molar-refractivity contribution in [2.24, 2.45) is 0 Å². The zero-order valence-electron chi connectivity index (χ0n) is 22.3. The SMILES string of the molecule is Cc1c(OCCCN(C)C)ccc([C@H]2CCC[C@H]3CN(C(=O)c4ccc(C(F)(F)F)cc4)CCN32)c1C. The van der Waals surface area contributed by atoms with Gasteiger partial charge in [-0.3, -0.25) is 9.69 Å². The van der Waals surface area contributed by atoms with E-state index in [4.69, 9.17) is 4.74 Å². The van der Waals surface area contributed by atoms with E-state index in [0.717, 1.165) is 56.7 Å². The van der Waals surface area contributed by atoms with Gasteiger partial charge < -0.3 is 14.5 Å². The number of hydrogen-bond donors (Lipinski definition) is 0. The molecule has 0 aliphatic carbocycles. The number of fused-ring (bicyclic) bond motifs is 1. The maximum Gasteiger partial charge on any atom is 0.416 e. The maximum atomic E-state index is 13.1. The van der Waals surface area contributed by atoms with Gasteiger partial charge in [0.1, 0.15) is 5.75 Å². The fraction of sp³-hybridized carbons (Fsp3) is 0.552. The monoisotopic (exact) mass is 517 g/mol. The lowest BCUT2D eigenvalue weighted by molar-refractivity contribution is -0.137. The summed E-state index contributed by atoms with van der Waals surface area (Å²) in [7, 11) is 4.12. The number of carbonyl (C=O) groups is 1. The van der Waals surface area contributed by atoms with Gasteiger partial charge in [0.25, 0.3) is 5.91 Å². The first-order valence-electron chi connectivity index (χ1n) is 13.2. The summed E-state index contributed by atoms with van der Waals surface area (Å²) in [6.45, 7) is 7.90. The fourth-order valence-electron chi connectivity index (χ4n) is 5.65. The molecule has 37 heavy (non-hydrogen) atoms. The van der Waals surface area contributed by atoms with E-state index in [-0.39, 0.29) is 11.9 Å². The number of benzene rings is 2. The highest BCUT2D eigenvalue weighted by Gasteiger charge is 2.38. The number of halogens is 3. The molecule has 5 nitrogen and oxygen atoms in total. The standard InChI is InChI=1S/C29H38F3N3O2/c1-20-21(2)27(37-18-6-15-33(3)4)14-13-25(20)26-8-5-7-24-19-34(16-17-35(24)26)28(36)22-9-11-23(12-10-22)29(30,31)32/h9-14,24,26H,5-8,15-19H2,1-4H3/t24-,26+/m0/s1. The van der Waals surface area contributed by atoms with E-state index in [9.17, 15) is 18.0 Å². The third-order valence-electron chi connectivity index (χ3n) is 7.84. The van der Waals surface area contributed by atoms with Crippen LogP contribution in [0.1, 0.15) is 64.3 Å². The van der Waals surface area contributed by atoms with Crippen molar-refractivity contribution in [3.63, 3.8) is 0 Å². The minimum Gasteiger partial charge on any atom is -0.493 e. The lowest BCUT2D eigenvalue weighted by Crippen LogP contribution is -2.57. The molecule has 0 saturated carbocycles. The number of piperidine rings is 1. The van der Waals surface area contributed by atoms with Gasteiger partial charge in [0.15, 0.2) is 0 Å². The molecule has 202 valence electrons. The Morgan fingerprint density at radius 3 is 2.43 bits per heavy atom. The van der Waals surface area contributed by atoms with Crippen molar-refractivity contribution in [1.29, 1.82) is 0 Å². The highest BCUT2D eigenvalue weighted by molar-refractivity contribution is 5.94. The van der Waals surface area contributed by atoms with Crippen LogP contribution >= 0.6 is 0 Å². The molecule has 0 unspecified atom stereocenters. The van der Waals surface area contributed by atoms with Crippen LogP contribution in [-0.4, -0.2) is 73.5 Å². The zero-order chi connectivity index (χ0) is 26.7. The van der Waals surface area contributed by atoms with Crippen LogP contribution in [0.5, 0.6) is 5.75 Å². The second-order valence-corrected chi connectivity index (χ2v) is 10.6. The first-order valence-corrected chi connectivity index (χ1v) is 13.2. The molecule has 2 heterocycles. The lowest BCUT2D eigenvalue weighted by atomic mass is 9.86. The number of hydrogen-bond acceptors (Lipinski definition) is 4. The number of rotatable bonds is 7. The largest absolute Gasteiger partial charge is 0.493 e. The van der Waals surface area contributed by atoms with Gasteiger partial charge in [0.05, 0.1) is 12.2 Å². The number of amides is 1. The van der Waals surface area contributed by atoms with Crippen LogP contribution in [0, 0.1) is 13.8 Å². The van der Waals surface area contributed by atoms with E-state index in [1.807, 2.05) is 0 Å². The molecule has 2 aromatic carbocycles. The van der Waals surface area contributed by atoms with Gasteiger partial charge in [0, 0.05) is 43.8 Å². The number of carbonyl (C=O) groups excluding carboxylic acids is 1. The molecule has 0 radical (unpaired) electrons. The van der Waals surface area contributed by atoms with Gasteiger partial charge in [-0.15, -0.1) is 0 Å². The normalized spacial score (nSPS) is 20.7. The number of ether oxygens (including phenoxy) is 1. The molecule has 2 saturated heterocycles. The van der Waals surface area contributed by atoms with E-state index in [1.165, 1.54) is 28.8 Å². The summed E-state index contributed by atoms with van der Waals surface area (Å²) in [5.41, 5.74) is 3.34. The molecule has 0 spiro atoms. The second kappa shape index (κ2) is 11.4. The minimum absolute atomic E-state index is 0.196. The van der Waals surface area contributed by atoms with E-state index in [1.54, 1.807) is 4.90 Å². The molecule has 0 N–H and O–H groups in total. The maximum absolute atomic E-state index is 13.1. The van der Waals surface area contributed by atoms with Crippen molar-refractivity contribution >= 4 is 5.91 Å². The Hall–Kier alpha value is -2.58. The topological polar surface area (TPSA) is 36.0 Å². The van der Waals surface area contributed by atoms with Crippen LogP contribution in [0.4, 0.5) is 13.2 Å². The van der Waals surface area contributed by atoms with Crippen molar-refractivity contribution in [3.05, 3.63) is 64.2 Å². The number of nitrogens with zero attached hydrogens (tertiary/aromatic N) is 3. The highest BCUT2D eigenvalue weighted by atomic mass is 19.4. The van der Waals surface area contributed by atoms with Gasteiger partial charge in [-0.1, -0.05) is 6.07 Å². The predicted molar refractivity (Wildman–Crippen MR) is 139 cm³/mol. The van der Waals surface area contributed by atoms with Crippen molar-refractivity contribution in [2.75, 3.05) is 46.9 Å². The molecule has 8 heteroatoms. The van der Waals surface area contributed by atoms with Crippen LogP contribution in [0.15, 0.2) is 36.4 Å². The molecular weight excluding hydrogens is 479 g/mol. The zero-order valence-corrected chi connectivity index (χ0v) is 22.3. The number of piperazine rings is 1. The molecule has 1 amide bonds. The Bertz CT molecular complexity index is 1090. The highest BCUT2D eigenvalue weighted by Crippen LogP contribution is 2.39. The molecule has 2 aliphatic heterocycles. The molecule has 2 aliphatic rings. The summed E-state index contributed by atoms with van der Waals surface area (Å²) in [4.78, 5) is 19.6.